The molecule has 0 nitrogen and oxygen atoms in total. The highest BCUT2D eigenvalue weighted by atomic mass is 31.0. The fraction of sp³-hybridized carbons (Fsp3) is 1.00. The maximum atomic E-state index is 14.5. The van der Waals surface area contributed by atoms with E-state index in [1.54, 1.807) is 0 Å². The van der Waals surface area contributed by atoms with Crippen molar-refractivity contribution >= 4 is 9.24 Å². The highest BCUT2D eigenvalue weighted by Gasteiger charge is 3.13. The van der Waals surface area contributed by atoms with Crippen LogP contribution in [0.25, 0.3) is 0 Å². The number of hydrogen-bond donors (Lipinski definition) is 0. The molecule has 0 aromatic heterocycles. The molecule has 0 N–H and O–H groups in total. The number of hydrogen-bond acceptors (Lipinski definition) is 0. The Bertz CT molecular complexity index is 593. The molecule has 0 aromatic rings. The first-order chi connectivity index (χ1) is 11.8. The van der Waals surface area contributed by atoms with Gasteiger partial charge < -0.3 is 0 Å². The lowest BCUT2D eigenvalue weighted by molar-refractivity contribution is -0.538. The van der Waals surface area contributed by atoms with Gasteiger partial charge in [-0.2, -0.15) is 61.5 Å². The first kappa shape index (κ1) is 23.5. The van der Waals surface area contributed by atoms with E-state index in [1.165, 1.54) is 0 Å². The Labute approximate surface area is 143 Å². The lowest BCUT2D eigenvalue weighted by atomic mass is 9.55. The summed E-state index contributed by atoms with van der Waals surface area (Å²) < 4.78 is 231. The van der Waals surface area contributed by atoms with Gasteiger partial charge in [-0.3, -0.25) is 0 Å². The fourth-order valence-electron chi connectivity index (χ4n) is 3.01. The Kier molecular flexibility index (Phi) is 4.00. The minimum Gasteiger partial charge on any atom is -0.229 e. The van der Waals surface area contributed by atoms with E-state index in [9.17, 15) is 74.6 Å². The van der Waals surface area contributed by atoms with Gasteiger partial charge in [-0.1, -0.05) is 9.24 Å². The van der Waals surface area contributed by atoms with E-state index in [2.05, 4.69) is 0 Å². The zero-order valence-electron chi connectivity index (χ0n) is 12.0. The van der Waals surface area contributed by atoms with Crippen molar-refractivity contribution in [1.82, 2.24) is 0 Å². The molecule has 2 rings (SSSR count). The van der Waals surface area contributed by atoms with Crippen molar-refractivity contribution in [3.63, 3.8) is 0 Å². The lowest BCUT2D eigenvalue weighted by Gasteiger charge is -2.64. The first-order valence-corrected chi connectivity index (χ1v) is 6.83. The van der Waals surface area contributed by atoms with Gasteiger partial charge in [0.25, 0.3) is 11.3 Å². The number of fused-ring (bicyclic) bond motifs is 1. The third-order valence-electron chi connectivity index (χ3n) is 4.70. The summed E-state index contributed by atoms with van der Waals surface area (Å²) in [6.45, 7) is 0. The van der Waals surface area contributed by atoms with Crippen LogP contribution < -0.4 is 0 Å². The molecule has 0 amide bonds. The molecule has 2 aliphatic rings. The topological polar surface area (TPSA) is 0 Å². The second kappa shape index (κ2) is 4.76. The Hall–Kier alpha value is -0.760. The van der Waals surface area contributed by atoms with E-state index < -0.39 is 67.4 Å². The largest absolute Gasteiger partial charge is 0.382 e. The molecule has 0 aromatic carbocycles. The van der Waals surface area contributed by atoms with Gasteiger partial charge in [-0.25, -0.2) is 13.2 Å². The molecule has 0 spiro atoms. The summed E-state index contributed by atoms with van der Waals surface area (Å²) in [6.07, 6.45) is 0. The number of halogens is 17. The molecule has 18 heteroatoms. The van der Waals surface area contributed by atoms with Crippen molar-refractivity contribution in [1.29, 1.82) is 0 Å². The van der Waals surface area contributed by atoms with Crippen molar-refractivity contribution in [2.45, 2.75) is 58.2 Å². The molecule has 0 aliphatic heterocycles. The summed E-state index contributed by atoms with van der Waals surface area (Å²) in [5.74, 6) is -56.2. The van der Waals surface area contributed by atoms with E-state index in [-0.39, 0.29) is 0 Å². The summed E-state index contributed by atoms with van der Waals surface area (Å²) in [5.41, 5.74) is -16.3. The molecule has 0 radical (unpaired) electrons. The smallest absolute Gasteiger partial charge is 0.229 e. The SMILES string of the molecule is FC1(F)C(F)(F)C(F)(F)C2(F)C(F)(P)C(F)(F)C(F)(F)C(F)(F)C2(F)C1(F)F. The van der Waals surface area contributed by atoms with Gasteiger partial charge in [0, 0.05) is 0 Å². The van der Waals surface area contributed by atoms with Crippen LogP contribution in [0.5, 0.6) is 0 Å². The molecular weight excluding hydrogens is 474 g/mol. The third kappa shape index (κ3) is 1.54. The highest BCUT2D eigenvalue weighted by molar-refractivity contribution is 7.19. The Balaban J connectivity index is 3.23. The van der Waals surface area contributed by atoms with E-state index in [0.717, 1.165) is 0 Å². The predicted molar refractivity (Wildman–Crippen MR) is 55.9 cm³/mol. The average molecular weight is 476 g/mol. The van der Waals surface area contributed by atoms with Gasteiger partial charge in [0.05, 0.1) is 0 Å². The van der Waals surface area contributed by atoms with E-state index in [1.807, 2.05) is 0 Å². The number of alkyl halides is 17. The van der Waals surface area contributed by atoms with E-state index >= 15 is 0 Å². The third-order valence-corrected chi connectivity index (χ3v) is 5.46. The van der Waals surface area contributed by atoms with Gasteiger partial charge in [0.2, 0.25) is 5.41 Å². The number of rotatable bonds is 0. The van der Waals surface area contributed by atoms with Crippen LogP contribution in [0.1, 0.15) is 0 Å². The second-order valence-electron chi connectivity index (χ2n) is 6.05. The monoisotopic (exact) mass is 476 g/mol. The Morgan fingerprint density at radius 3 is 0.786 bits per heavy atom. The summed E-state index contributed by atoms with van der Waals surface area (Å²) in [6, 6.07) is 0. The Morgan fingerprint density at radius 1 is 0.286 bits per heavy atom. The minimum absolute atomic E-state index is 0.793. The summed E-state index contributed by atoms with van der Waals surface area (Å²) in [4.78, 5) is 0. The van der Waals surface area contributed by atoms with E-state index in [0.29, 0.717) is 0 Å². The van der Waals surface area contributed by atoms with Crippen molar-refractivity contribution in [2.24, 2.45) is 0 Å². The normalized spacial score (nSPS) is 46.5. The summed E-state index contributed by atoms with van der Waals surface area (Å²) in [7, 11) is -0.793. The maximum absolute atomic E-state index is 14.5. The molecule has 0 saturated heterocycles. The van der Waals surface area contributed by atoms with Crippen LogP contribution >= 0.6 is 9.24 Å². The highest BCUT2D eigenvalue weighted by Crippen LogP contribution is 2.81. The van der Waals surface area contributed by atoms with Crippen LogP contribution in [0.3, 0.4) is 0 Å². The molecule has 4 unspecified atom stereocenters. The molecule has 4 atom stereocenters. The molecular formula is C10H2F17P. The minimum atomic E-state index is -8.29. The van der Waals surface area contributed by atoms with Gasteiger partial charge in [0.15, 0.2) is 0 Å². The van der Waals surface area contributed by atoms with Gasteiger partial charge in [-0.05, 0) is 0 Å². The first-order valence-electron chi connectivity index (χ1n) is 6.25. The zero-order chi connectivity index (χ0) is 23.0. The lowest BCUT2D eigenvalue weighted by Crippen LogP contribution is -2.98. The zero-order valence-corrected chi connectivity index (χ0v) is 13.2. The molecule has 2 fully saturated rings. The van der Waals surface area contributed by atoms with Crippen molar-refractivity contribution in [2.75, 3.05) is 0 Å². The standard InChI is InChI=1S/C10H2F17P/c11-1-2(12,5(17,18)7(21,22)6(19,20)3(1,13)14)10(27,28)9(25,26)8(23,24)4(1,15)16/h28H2. The van der Waals surface area contributed by atoms with Crippen LogP contribution in [-0.4, -0.2) is 58.2 Å². The van der Waals surface area contributed by atoms with Crippen LogP contribution in [0.4, 0.5) is 74.6 Å². The van der Waals surface area contributed by atoms with Gasteiger partial charge in [0.1, 0.15) is 0 Å². The molecule has 2 saturated carbocycles. The average Bonchev–Trinajstić information content (AvgIpc) is 2.49. The van der Waals surface area contributed by atoms with Crippen LogP contribution in [0.15, 0.2) is 0 Å². The summed E-state index contributed by atoms with van der Waals surface area (Å²) >= 11 is 0. The van der Waals surface area contributed by atoms with Crippen LogP contribution in [0, 0.1) is 0 Å². The molecule has 28 heavy (non-hydrogen) atoms. The fourth-order valence-corrected chi connectivity index (χ4v) is 3.57. The van der Waals surface area contributed by atoms with Gasteiger partial charge in [-0.15, -0.1) is 0 Å². The van der Waals surface area contributed by atoms with Crippen molar-refractivity contribution in [3.8, 4) is 0 Å². The molecule has 2 aliphatic carbocycles. The molecule has 166 valence electrons. The quantitative estimate of drug-likeness (QED) is 0.324. The summed E-state index contributed by atoms with van der Waals surface area (Å²) in [5, 5.41) is -7.06. The maximum Gasteiger partial charge on any atom is 0.382 e. The van der Waals surface area contributed by atoms with Gasteiger partial charge >= 0.3 is 41.5 Å². The second-order valence-corrected chi connectivity index (χ2v) is 6.85. The molecule has 0 heterocycles. The van der Waals surface area contributed by atoms with Crippen molar-refractivity contribution < 1.29 is 74.6 Å². The Morgan fingerprint density at radius 2 is 0.500 bits per heavy atom. The predicted octanol–water partition coefficient (Wildman–Crippen LogP) is 5.42. The van der Waals surface area contributed by atoms with Crippen LogP contribution in [0.2, 0.25) is 0 Å². The molecule has 0 bridgehead atoms. The van der Waals surface area contributed by atoms with Crippen LogP contribution in [-0.2, 0) is 0 Å². The van der Waals surface area contributed by atoms with Crippen molar-refractivity contribution in [3.05, 3.63) is 0 Å². The van der Waals surface area contributed by atoms with E-state index in [4.69, 9.17) is 0 Å².